The van der Waals surface area contributed by atoms with Gasteiger partial charge in [0, 0.05) is 25.7 Å². The molecule has 1 aromatic heterocycles. The maximum Gasteiger partial charge on any atom is 0.241 e. The van der Waals surface area contributed by atoms with E-state index in [0.717, 1.165) is 6.54 Å². The summed E-state index contributed by atoms with van der Waals surface area (Å²) < 4.78 is 28.2. The third-order valence-corrected chi connectivity index (χ3v) is 6.62. The van der Waals surface area contributed by atoms with Gasteiger partial charge in [0.25, 0.3) is 0 Å². The Kier molecular flexibility index (Phi) is 10.1. The van der Waals surface area contributed by atoms with Crippen molar-refractivity contribution in [2.24, 2.45) is 4.99 Å². The monoisotopic (exact) mass is 550 g/mol. The number of benzene rings is 1. The van der Waals surface area contributed by atoms with E-state index >= 15 is 0 Å². The first-order valence-electron chi connectivity index (χ1n) is 9.21. The van der Waals surface area contributed by atoms with Gasteiger partial charge in [0.05, 0.1) is 4.90 Å². The summed E-state index contributed by atoms with van der Waals surface area (Å²) >= 11 is 1.69. The first-order valence-corrected chi connectivity index (χ1v) is 11.6. The number of rotatable bonds is 7. The van der Waals surface area contributed by atoms with Gasteiger partial charge >= 0.3 is 0 Å². The molecular weight excluding hydrogens is 519 g/mol. The Morgan fingerprint density at radius 2 is 1.86 bits per heavy atom. The normalized spacial score (nSPS) is 13.5. The van der Waals surface area contributed by atoms with E-state index in [2.05, 4.69) is 44.1 Å². The Morgan fingerprint density at radius 3 is 2.45 bits per heavy atom. The summed E-state index contributed by atoms with van der Waals surface area (Å²) in [5.41, 5.74) is 1.43. The zero-order chi connectivity index (χ0) is 20.8. The van der Waals surface area contributed by atoms with Gasteiger partial charge in [-0.15, -0.1) is 24.0 Å². The van der Waals surface area contributed by atoms with Crippen LogP contribution in [0, 0.1) is 0 Å². The maximum absolute atomic E-state index is 12.7. The average Bonchev–Trinajstić information content (AvgIpc) is 3.14. The van der Waals surface area contributed by atoms with Gasteiger partial charge < -0.3 is 10.6 Å². The summed E-state index contributed by atoms with van der Waals surface area (Å²) in [4.78, 5) is 4.52. The number of halogens is 1. The number of hydrogen-bond donors (Lipinski definition) is 3. The van der Waals surface area contributed by atoms with Gasteiger partial charge in [-0.25, -0.2) is 13.1 Å². The van der Waals surface area contributed by atoms with Gasteiger partial charge in [0.15, 0.2) is 5.96 Å². The van der Waals surface area contributed by atoms with Crippen LogP contribution in [0.2, 0.25) is 0 Å². The molecule has 0 saturated heterocycles. The van der Waals surface area contributed by atoms with E-state index in [-0.39, 0.29) is 28.9 Å². The van der Waals surface area contributed by atoms with E-state index in [1.807, 2.05) is 32.9 Å². The van der Waals surface area contributed by atoms with Crippen molar-refractivity contribution in [3.8, 4) is 0 Å². The summed E-state index contributed by atoms with van der Waals surface area (Å²) in [7, 11) is -1.90. The lowest BCUT2D eigenvalue weighted by molar-refractivity contribution is 0.491. The molecule has 0 amide bonds. The van der Waals surface area contributed by atoms with E-state index in [0.29, 0.717) is 24.0 Å². The molecule has 1 heterocycles. The van der Waals surface area contributed by atoms with Gasteiger partial charge in [-0.2, -0.15) is 11.3 Å². The molecular formula is C20H31IN4O2S2. The molecule has 9 heteroatoms. The second-order valence-corrected chi connectivity index (χ2v) is 10.2. The molecule has 0 aliphatic rings. The highest BCUT2D eigenvalue weighted by Gasteiger charge is 2.24. The molecule has 29 heavy (non-hydrogen) atoms. The molecule has 0 fully saturated rings. The minimum atomic E-state index is -3.61. The van der Waals surface area contributed by atoms with Crippen molar-refractivity contribution < 1.29 is 8.42 Å². The Balaban J connectivity index is 0.00000420. The Bertz CT molecular complexity index is 891. The molecule has 1 atom stereocenters. The fourth-order valence-electron chi connectivity index (χ4n) is 2.69. The predicted molar refractivity (Wildman–Crippen MR) is 133 cm³/mol. The maximum atomic E-state index is 12.7. The van der Waals surface area contributed by atoms with E-state index in [1.165, 1.54) is 5.56 Å². The first kappa shape index (κ1) is 25.9. The molecule has 0 aliphatic heterocycles. The van der Waals surface area contributed by atoms with Crippen LogP contribution in [-0.2, 0) is 16.6 Å². The van der Waals surface area contributed by atoms with Crippen LogP contribution in [0.4, 0.5) is 0 Å². The molecule has 0 spiro atoms. The zero-order valence-corrected chi connectivity index (χ0v) is 21.5. The quantitative estimate of drug-likeness (QED) is 0.278. The van der Waals surface area contributed by atoms with E-state index in [9.17, 15) is 8.42 Å². The molecule has 2 rings (SSSR count). The van der Waals surface area contributed by atoms with E-state index in [1.54, 1.807) is 30.5 Å². The third-order valence-electron chi connectivity index (χ3n) is 4.06. The summed E-state index contributed by atoms with van der Waals surface area (Å²) in [6.45, 7) is 8.72. The second-order valence-electron chi connectivity index (χ2n) is 7.73. The lowest BCUT2D eigenvalue weighted by Gasteiger charge is -2.22. The molecule has 1 unspecified atom stereocenters. The molecule has 0 saturated carbocycles. The van der Waals surface area contributed by atoms with Crippen molar-refractivity contribution in [2.45, 2.75) is 50.6 Å². The molecule has 162 valence electrons. The average molecular weight is 551 g/mol. The van der Waals surface area contributed by atoms with Crippen molar-refractivity contribution in [3.05, 3.63) is 52.2 Å². The highest BCUT2D eigenvalue weighted by Crippen LogP contribution is 2.18. The van der Waals surface area contributed by atoms with Gasteiger partial charge in [0.1, 0.15) is 0 Å². The van der Waals surface area contributed by atoms with Crippen LogP contribution in [0.25, 0.3) is 0 Å². The zero-order valence-electron chi connectivity index (χ0n) is 17.5. The van der Waals surface area contributed by atoms with E-state index in [4.69, 9.17) is 0 Å². The second kappa shape index (κ2) is 11.3. The third kappa shape index (κ3) is 8.23. The van der Waals surface area contributed by atoms with Crippen LogP contribution in [-0.4, -0.2) is 33.5 Å². The standard InChI is InChI=1S/C20H30N4O2S2.HI/c1-15(17-10-11-27-14-17)12-22-19(21-5)23-13-16-8-6-7-9-18(16)28(25,26)24-20(2,3)4;/h6-11,14-15,24H,12-13H2,1-5H3,(H2,21,22,23);1H. The number of guanidine groups is 1. The molecule has 2 aromatic rings. The van der Waals surface area contributed by atoms with Gasteiger partial charge in [0.2, 0.25) is 10.0 Å². The number of sulfonamides is 1. The SMILES string of the molecule is CN=C(NCc1ccccc1S(=O)(=O)NC(C)(C)C)NCC(C)c1ccsc1.I. The predicted octanol–water partition coefficient (Wildman–Crippen LogP) is 3.91. The molecule has 0 aliphatic carbocycles. The van der Waals surface area contributed by atoms with Crippen molar-refractivity contribution >= 4 is 51.3 Å². The Hall–Kier alpha value is -1.17. The Morgan fingerprint density at radius 1 is 1.17 bits per heavy atom. The Labute approximate surface area is 195 Å². The topological polar surface area (TPSA) is 82.6 Å². The first-order chi connectivity index (χ1) is 13.1. The summed E-state index contributed by atoms with van der Waals surface area (Å²) in [5.74, 6) is 0.992. The molecule has 6 nitrogen and oxygen atoms in total. The molecule has 1 aromatic carbocycles. The number of nitrogens with one attached hydrogen (secondary N) is 3. The van der Waals surface area contributed by atoms with Crippen molar-refractivity contribution in [3.63, 3.8) is 0 Å². The van der Waals surface area contributed by atoms with Crippen LogP contribution in [0.1, 0.15) is 44.7 Å². The summed E-state index contributed by atoms with van der Waals surface area (Å²) in [6, 6.07) is 9.13. The highest BCUT2D eigenvalue weighted by atomic mass is 127. The fraction of sp³-hybridized carbons (Fsp3) is 0.450. The van der Waals surface area contributed by atoms with Crippen molar-refractivity contribution in [1.82, 2.24) is 15.4 Å². The fourth-order valence-corrected chi connectivity index (χ4v) is 5.13. The largest absolute Gasteiger partial charge is 0.356 e. The van der Waals surface area contributed by atoms with Crippen molar-refractivity contribution in [2.75, 3.05) is 13.6 Å². The minimum Gasteiger partial charge on any atom is -0.356 e. The molecule has 0 bridgehead atoms. The van der Waals surface area contributed by atoms with Crippen LogP contribution in [0.5, 0.6) is 0 Å². The van der Waals surface area contributed by atoms with Crippen molar-refractivity contribution in [1.29, 1.82) is 0 Å². The minimum absolute atomic E-state index is 0. The summed E-state index contributed by atoms with van der Waals surface area (Å²) in [6.07, 6.45) is 0. The molecule has 0 radical (unpaired) electrons. The summed E-state index contributed by atoms with van der Waals surface area (Å²) in [5, 5.41) is 10.7. The van der Waals surface area contributed by atoms with E-state index < -0.39 is 15.6 Å². The number of thiophene rings is 1. The van der Waals surface area contributed by atoms with Crippen LogP contribution in [0.15, 0.2) is 51.0 Å². The highest BCUT2D eigenvalue weighted by molar-refractivity contribution is 14.0. The number of aliphatic imine (C=N–C) groups is 1. The number of nitrogens with zero attached hydrogens (tertiary/aromatic N) is 1. The van der Waals surface area contributed by atoms with Gasteiger partial charge in [-0.05, 0) is 60.7 Å². The van der Waals surface area contributed by atoms with Gasteiger partial charge in [-0.3, -0.25) is 4.99 Å². The van der Waals surface area contributed by atoms with Crippen LogP contribution in [0.3, 0.4) is 0 Å². The molecule has 3 N–H and O–H groups in total. The van der Waals surface area contributed by atoms with Crippen LogP contribution < -0.4 is 15.4 Å². The lowest BCUT2D eigenvalue weighted by atomic mass is 10.1. The number of hydrogen-bond acceptors (Lipinski definition) is 4. The van der Waals surface area contributed by atoms with Gasteiger partial charge in [-0.1, -0.05) is 25.1 Å². The smallest absolute Gasteiger partial charge is 0.241 e. The van der Waals surface area contributed by atoms with Crippen LogP contribution >= 0.6 is 35.3 Å². The lowest BCUT2D eigenvalue weighted by Crippen LogP contribution is -2.41.